The Balaban J connectivity index is 1.54. The Labute approximate surface area is 182 Å². The predicted octanol–water partition coefficient (Wildman–Crippen LogP) is 5.59. The van der Waals surface area contributed by atoms with Gasteiger partial charge in [0.2, 0.25) is 5.91 Å². The minimum Gasteiger partial charge on any atom is -0.308 e. The van der Waals surface area contributed by atoms with Crippen molar-refractivity contribution < 1.29 is 4.79 Å². The summed E-state index contributed by atoms with van der Waals surface area (Å²) in [4.78, 5) is 17.6. The molecular formula is C22H16ClN3OS2. The van der Waals surface area contributed by atoms with Crippen molar-refractivity contribution in [1.82, 2.24) is 10.3 Å². The van der Waals surface area contributed by atoms with E-state index < -0.39 is 5.92 Å². The van der Waals surface area contributed by atoms with Crippen LogP contribution in [0.5, 0.6) is 0 Å². The molecule has 2 N–H and O–H groups in total. The molecule has 1 heterocycles. The topological polar surface area (TPSA) is 54.0 Å². The zero-order chi connectivity index (χ0) is 20.2. The van der Waals surface area contributed by atoms with Crippen LogP contribution in [0.4, 0.5) is 5.13 Å². The van der Waals surface area contributed by atoms with E-state index in [-0.39, 0.29) is 11.0 Å². The molecule has 0 atom stereocenters. The molecule has 3 aromatic carbocycles. The van der Waals surface area contributed by atoms with E-state index in [4.69, 9.17) is 23.8 Å². The molecule has 1 amide bonds. The van der Waals surface area contributed by atoms with Crippen LogP contribution in [0, 0.1) is 0 Å². The summed E-state index contributed by atoms with van der Waals surface area (Å²) in [6.07, 6.45) is 0. The highest BCUT2D eigenvalue weighted by atomic mass is 35.5. The maximum Gasteiger partial charge on any atom is 0.238 e. The Morgan fingerprint density at radius 2 is 1.55 bits per heavy atom. The van der Waals surface area contributed by atoms with Crippen LogP contribution in [-0.2, 0) is 4.79 Å². The maximum absolute atomic E-state index is 13.1. The molecule has 0 aliphatic heterocycles. The number of carbonyl (C=O) groups is 1. The number of benzene rings is 3. The number of anilines is 1. The predicted molar refractivity (Wildman–Crippen MR) is 124 cm³/mol. The van der Waals surface area contributed by atoms with E-state index in [0.29, 0.717) is 15.7 Å². The number of para-hydroxylation sites is 1. The number of amides is 1. The molecule has 0 unspecified atom stereocenters. The zero-order valence-electron chi connectivity index (χ0n) is 15.1. The molecule has 0 aliphatic carbocycles. The van der Waals surface area contributed by atoms with E-state index in [1.165, 1.54) is 11.3 Å². The van der Waals surface area contributed by atoms with Crippen molar-refractivity contribution in [1.29, 1.82) is 0 Å². The van der Waals surface area contributed by atoms with Gasteiger partial charge in [-0.1, -0.05) is 89.7 Å². The lowest BCUT2D eigenvalue weighted by atomic mass is 9.90. The highest BCUT2D eigenvalue weighted by molar-refractivity contribution is 7.80. The highest BCUT2D eigenvalue weighted by Crippen LogP contribution is 2.30. The highest BCUT2D eigenvalue weighted by Gasteiger charge is 2.23. The van der Waals surface area contributed by atoms with Crippen molar-refractivity contribution >= 4 is 61.5 Å². The van der Waals surface area contributed by atoms with Gasteiger partial charge in [-0.2, -0.15) is 0 Å². The first kappa shape index (κ1) is 19.5. The van der Waals surface area contributed by atoms with Crippen molar-refractivity contribution in [3.05, 3.63) is 95.0 Å². The van der Waals surface area contributed by atoms with Gasteiger partial charge < -0.3 is 10.6 Å². The number of hydrogen-bond acceptors (Lipinski definition) is 4. The van der Waals surface area contributed by atoms with Crippen LogP contribution in [-0.4, -0.2) is 16.0 Å². The lowest BCUT2D eigenvalue weighted by molar-refractivity contribution is -0.120. The van der Waals surface area contributed by atoms with Gasteiger partial charge in [0.15, 0.2) is 10.2 Å². The number of nitrogens with zero attached hydrogens (tertiary/aromatic N) is 1. The number of rotatable bonds is 4. The van der Waals surface area contributed by atoms with Crippen molar-refractivity contribution in [2.75, 3.05) is 5.32 Å². The summed E-state index contributed by atoms with van der Waals surface area (Å²) in [6.45, 7) is 0. The minimum atomic E-state index is -0.470. The zero-order valence-corrected chi connectivity index (χ0v) is 17.5. The van der Waals surface area contributed by atoms with Crippen LogP contribution >= 0.6 is 35.2 Å². The smallest absolute Gasteiger partial charge is 0.238 e. The first-order valence-corrected chi connectivity index (χ1v) is 10.5. The van der Waals surface area contributed by atoms with Crippen LogP contribution < -0.4 is 10.6 Å². The van der Waals surface area contributed by atoms with Gasteiger partial charge in [-0.3, -0.25) is 4.79 Å². The first-order chi connectivity index (χ1) is 14.1. The number of carbonyl (C=O) groups excluding carboxylic acids is 1. The average molecular weight is 438 g/mol. The van der Waals surface area contributed by atoms with Gasteiger partial charge in [-0.05, 0) is 35.5 Å². The van der Waals surface area contributed by atoms with Gasteiger partial charge in [0.25, 0.3) is 0 Å². The fourth-order valence-corrected chi connectivity index (χ4v) is 4.50. The van der Waals surface area contributed by atoms with Crippen LogP contribution in [0.25, 0.3) is 10.2 Å². The fourth-order valence-electron chi connectivity index (χ4n) is 3.07. The maximum atomic E-state index is 13.1. The van der Waals surface area contributed by atoms with Crippen molar-refractivity contribution in [2.45, 2.75) is 5.92 Å². The molecule has 4 aromatic rings. The Kier molecular flexibility index (Phi) is 5.85. The third kappa shape index (κ3) is 4.45. The summed E-state index contributed by atoms with van der Waals surface area (Å²) in [5.41, 5.74) is 2.50. The van der Waals surface area contributed by atoms with Gasteiger partial charge in [0, 0.05) is 0 Å². The van der Waals surface area contributed by atoms with Crippen LogP contribution in [0.15, 0.2) is 78.9 Å². The third-order valence-electron chi connectivity index (χ3n) is 4.35. The van der Waals surface area contributed by atoms with E-state index in [9.17, 15) is 4.79 Å². The first-order valence-electron chi connectivity index (χ1n) is 8.88. The molecule has 29 heavy (non-hydrogen) atoms. The molecule has 1 aromatic heterocycles. The minimum absolute atomic E-state index is 0.196. The normalized spacial score (nSPS) is 10.8. The molecule has 0 spiro atoms. The van der Waals surface area contributed by atoms with E-state index in [1.807, 2.05) is 72.8 Å². The molecular weight excluding hydrogens is 422 g/mol. The molecule has 0 saturated carbocycles. The molecule has 4 rings (SSSR count). The van der Waals surface area contributed by atoms with Crippen LogP contribution in [0.2, 0.25) is 5.02 Å². The lowest BCUT2D eigenvalue weighted by Gasteiger charge is -2.18. The molecule has 0 saturated heterocycles. The second kappa shape index (κ2) is 8.69. The third-order valence-corrected chi connectivity index (χ3v) is 5.80. The Hall–Kier alpha value is -2.80. The van der Waals surface area contributed by atoms with Crippen molar-refractivity contribution in [3.8, 4) is 0 Å². The second-order valence-electron chi connectivity index (χ2n) is 6.30. The lowest BCUT2D eigenvalue weighted by Crippen LogP contribution is -2.37. The molecule has 0 bridgehead atoms. The fraction of sp³-hybridized carbons (Fsp3) is 0.0455. The summed E-state index contributed by atoms with van der Waals surface area (Å²) in [5, 5.41) is 7.15. The van der Waals surface area contributed by atoms with Gasteiger partial charge >= 0.3 is 0 Å². The molecule has 0 radical (unpaired) electrons. The second-order valence-corrected chi connectivity index (χ2v) is 8.15. The Morgan fingerprint density at radius 1 is 0.931 bits per heavy atom. The summed E-state index contributed by atoms with van der Waals surface area (Å²) >= 11 is 13.0. The van der Waals surface area contributed by atoms with E-state index in [2.05, 4.69) is 15.6 Å². The Morgan fingerprint density at radius 3 is 2.14 bits per heavy atom. The van der Waals surface area contributed by atoms with Crippen molar-refractivity contribution in [3.63, 3.8) is 0 Å². The van der Waals surface area contributed by atoms with E-state index in [1.54, 1.807) is 6.07 Å². The molecule has 0 fully saturated rings. The number of hydrogen-bond donors (Lipinski definition) is 2. The van der Waals surface area contributed by atoms with Gasteiger partial charge in [-0.25, -0.2) is 4.98 Å². The molecule has 0 aliphatic rings. The van der Waals surface area contributed by atoms with Crippen molar-refractivity contribution in [2.24, 2.45) is 0 Å². The molecule has 7 heteroatoms. The quantitative estimate of drug-likeness (QED) is 0.408. The summed E-state index contributed by atoms with van der Waals surface area (Å²) < 4.78 is 0.945. The van der Waals surface area contributed by atoms with E-state index in [0.717, 1.165) is 15.8 Å². The van der Waals surface area contributed by atoms with Gasteiger partial charge in [-0.15, -0.1) is 0 Å². The SMILES string of the molecule is O=C(NC(=S)Nc1nc2c(Cl)cccc2s1)C(c1ccccc1)c1ccccc1. The monoisotopic (exact) mass is 437 g/mol. The molecule has 4 nitrogen and oxygen atoms in total. The summed E-state index contributed by atoms with van der Waals surface area (Å²) in [6, 6.07) is 24.8. The summed E-state index contributed by atoms with van der Waals surface area (Å²) in [7, 11) is 0. The number of halogens is 1. The van der Waals surface area contributed by atoms with Gasteiger partial charge in [0.05, 0.1) is 15.6 Å². The van der Waals surface area contributed by atoms with Crippen LogP contribution in [0.1, 0.15) is 17.0 Å². The average Bonchev–Trinajstić information content (AvgIpc) is 3.13. The number of fused-ring (bicyclic) bond motifs is 1. The van der Waals surface area contributed by atoms with E-state index >= 15 is 0 Å². The number of aromatic nitrogens is 1. The molecule has 144 valence electrons. The van der Waals surface area contributed by atoms with Crippen LogP contribution in [0.3, 0.4) is 0 Å². The largest absolute Gasteiger partial charge is 0.308 e. The number of thiazole rings is 1. The Bertz CT molecular complexity index is 1120. The number of thiocarbonyl (C=S) groups is 1. The number of nitrogens with one attached hydrogen (secondary N) is 2. The summed E-state index contributed by atoms with van der Waals surface area (Å²) in [5.74, 6) is -0.680. The standard InChI is InChI=1S/C22H16ClN3OS2/c23-16-12-7-13-17-19(16)24-22(29-17)26-21(28)25-20(27)18(14-8-3-1-4-9-14)15-10-5-2-6-11-15/h1-13,18H,(H2,24,25,26,27,28). The van der Waals surface area contributed by atoms with Gasteiger partial charge in [0.1, 0.15) is 5.52 Å².